The fourth-order valence-electron chi connectivity index (χ4n) is 3.25. The van der Waals surface area contributed by atoms with Crippen molar-refractivity contribution in [2.75, 3.05) is 26.2 Å². The Morgan fingerprint density at radius 2 is 1.95 bits per heavy atom. The van der Waals surface area contributed by atoms with E-state index >= 15 is 0 Å². The molecule has 1 N–H and O–H groups in total. The van der Waals surface area contributed by atoms with Gasteiger partial charge in [-0.05, 0) is 25.2 Å². The van der Waals surface area contributed by atoms with Crippen molar-refractivity contribution >= 4 is 17.8 Å². The van der Waals surface area contributed by atoms with E-state index in [2.05, 4.69) is 6.92 Å². The molecule has 2 aliphatic rings. The molecule has 2 fully saturated rings. The van der Waals surface area contributed by atoms with Crippen molar-refractivity contribution in [1.82, 2.24) is 9.80 Å². The highest BCUT2D eigenvalue weighted by atomic mass is 16.4. The molecule has 0 aromatic carbocycles. The Bertz CT molecular complexity index is 416. The van der Waals surface area contributed by atoms with Gasteiger partial charge >= 0.3 is 5.97 Å². The number of rotatable bonds is 5. The molecule has 118 valence electrons. The van der Waals surface area contributed by atoms with Crippen LogP contribution in [0.4, 0.5) is 0 Å². The fraction of sp³-hybridized carbons (Fsp3) is 0.800. The van der Waals surface area contributed by atoms with Gasteiger partial charge < -0.3 is 14.9 Å². The third-order valence-corrected chi connectivity index (χ3v) is 4.51. The van der Waals surface area contributed by atoms with Crippen LogP contribution in [0.3, 0.4) is 0 Å². The van der Waals surface area contributed by atoms with Gasteiger partial charge in [0.25, 0.3) is 0 Å². The van der Waals surface area contributed by atoms with Gasteiger partial charge in [0.15, 0.2) is 0 Å². The number of carbonyl (C=O) groups excluding carboxylic acids is 2. The van der Waals surface area contributed by atoms with Crippen LogP contribution in [0.15, 0.2) is 0 Å². The highest BCUT2D eigenvalue weighted by molar-refractivity contribution is 5.86. The molecule has 0 radical (unpaired) electrons. The van der Waals surface area contributed by atoms with E-state index in [9.17, 15) is 14.4 Å². The van der Waals surface area contributed by atoms with Crippen LogP contribution in [0, 0.1) is 11.8 Å². The Morgan fingerprint density at radius 3 is 2.52 bits per heavy atom. The molecule has 0 aliphatic carbocycles. The number of carboxylic acids is 1. The molecule has 21 heavy (non-hydrogen) atoms. The first kappa shape index (κ1) is 15.8. The average molecular weight is 296 g/mol. The van der Waals surface area contributed by atoms with Crippen molar-refractivity contribution in [2.24, 2.45) is 11.8 Å². The minimum Gasteiger partial charge on any atom is -0.481 e. The summed E-state index contributed by atoms with van der Waals surface area (Å²) in [6, 6.07) is 0. The Kier molecular flexibility index (Phi) is 5.20. The normalized spacial score (nSPS) is 23.7. The highest BCUT2D eigenvalue weighted by Gasteiger charge is 2.32. The van der Waals surface area contributed by atoms with E-state index in [0.717, 1.165) is 12.8 Å². The van der Waals surface area contributed by atoms with Crippen LogP contribution in [-0.4, -0.2) is 58.9 Å². The molecule has 0 spiro atoms. The maximum absolute atomic E-state index is 12.2. The first-order chi connectivity index (χ1) is 10.0. The smallest absolute Gasteiger partial charge is 0.306 e. The Morgan fingerprint density at radius 1 is 1.29 bits per heavy atom. The van der Waals surface area contributed by atoms with Crippen molar-refractivity contribution in [3.63, 3.8) is 0 Å². The van der Waals surface area contributed by atoms with Gasteiger partial charge in [-0.2, -0.15) is 0 Å². The lowest BCUT2D eigenvalue weighted by atomic mass is 9.97. The summed E-state index contributed by atoms with van der Waals surface area (Å²) >= 11 is 0. The van der Waals surface area contributed by atoms with Crippen molar-refractivity contribution in [3.8, 4) is 0 Å². The second kappa shape index (κ2) is 6.91. The van der Waals surface area contributed by atoms with Crippen LogP contribution in [0.5, 0.6) is 0 Å². The zero-order chi connectivity index (χ0) is 15.4. The molecular formula is C15H24N2O4. The number of piperidine rings is 1. The molecule has 2 aliphatic heterocycles. The standard InChI is InChI=1S/C15H24N2O4/c1-2-3-11-8-13(18)17(9-11)10-14(19)16-6-4-12(5-7-16)15(20)21/h11-12H,2-10H2,1H3,(H,20,21). The molecule has 2 heterocycles. The predicted molar refractivity (Wildman–Crippen MR) is 76.5 cm³/mol. The van der Waals surface area contributed by atoms with E-state index in [1.54, 1.807) is 9.80 Å². The molecule has 6 heteroatoms. The van der Waals surface area contributed by atoms with Gasteiger partial charge in [0.2, 0.25) is 11.8 Å². The highest BCUT2D eigenvalue weighted by Crippen LogP contribution is 2.23. The lowest BCUT2D eigenvalue weighted by Crippen LogP contribution is -2.45. The molecule has 6 nitrogen and oxygen atoms in total. The van der Waals surface area contributed by atoms with E-state index in [0.29, 0.717) is 44.8 Å². The zero-order valence-corrected chi connectivity index (χ0v) is 12.6. The first-order valence-electron chi connectivity index (χ1n) is 7.79. The van der Waals surface area contributed by atoms with Gasteiger partial charge in [-0.15, -0.1) is 0 Å². The number of carboxylic acid groups (broad SMARTS) is 1. The summed E-state index contributed by atoms with van der Waals surface area (Å²) in [5.74, 6) is -0.713. The van der Waals surface area contributed by atoms with Crippen molar-refractivity contribution in [3.05, 3.63) is 0 Å². The monoisotopic (exact) mass is 296 g/mol. The van der Waals surface area contributed by atoms with E-state index in [1.807, 2.05) is 0 Å². The van der Waals surface area contributed by atoms with E-state index in [1.165, 1.54) is 0 Å². The number of amides is 2. The summed E-state index contributed by atoms with van der Waals surface area (Å²) in [6.45, 7) is 3.90. The topological polar surface area (TPSA) is 77.9 Å². The second-order valence-electron chi connectivity index (χ2n) is 6.13. The molecular weight excluding hydrogens is 272 g/mol. The summed E-state index contributed by atoms with van der Waals surface area (Å²) < 4.78 is 0. The summed E-state index contributed by atoms with van der Waals surface area (Å²) in [5.41, 5.74) is 0. The SMILES string of the molecule is CCCC1CC(=O)N(CC(=O)N2CCC(C(=O)O)CC2)C1. The molecule has 0 aromatic heterocycles. The van der Waals surface area contributed by atoms with Crippen LogP contribution < -0.4 is 0 Å². The molecule has 2 saturated heterocycles. The molecule has 0 saturated carbocycles. The number of hydrogen-bond acceptors (Lipinski definition) is 3. The third-order valence-electron chi connectivity index (χ3n) is 4.51. The summed E-state index contributed by atoms with van der Waals surface area (Å²) in [6.07, 6.45) is 3.66. The number of nitrogens with zero attached hydrogens (tertiary/aromatic N) is 2. The minimum atomic E-state index is -0.778. The number of aliphatic carboxylic acids is 1. The lowest BCUT2D eigenvalue weighted by Gasteiger charge is -2.31. The molecule has 1 atom stereocenters. The number of carbonyl (C=O) groups is 3. The first-order valence-corrected chi connectivity index (χ1v) is 7.79. The maximum atomic E-state index is 12.2. The summed E-state index contributed by atoms with van der Waals surface area (Å²) in [5, 5.41) is 8.95. The second-order valence-corrected chi connectivity index (χ2v) is 6.13. The van der Waals surface area contributed by atoms with Crippen molar-refractivity contribution in [1.29, 1.82) is 0 Å². The average Bonchev–Trinajstić information content (AvgIpc) is 2.79. The molecule has 2 rings (SSSR count). The Balaban J connectivity index is 1.80. The van der Waals surface area contributed by atoms with Crippen LogP contribution in [0.1, 0.15) is 39.0 Å². The largest absolute Gasteiger partial charge is 0.481 e. The maximum Gasteiger partial charge on any atom is 0.306 e. The molecule has 0 aromatic rings. The van der Waals surface area contributed by atoms with Crippen LogP contribution in [0.25, 0.3) is 0 Å². The molecule has 2 amide bonds. The molecule has 1 unspecified atom stereocenters. The van der Waals surface area contributed by atoms with Gasteiger partial charge in [-0.1, -0.05) is 13.3 Å². The van der Waals surface area contributed by atoms with Gasteiger partial charge in [0.05, 0.1) is 12.5 Å². The van der Waals surface area contributed by atoms with Gasteiger partial charge in [0, 0.05) is 26.1 Å². The Labute approximate surface area is 125 Å². The zero-order valence-electron chi connectivity index (χ0n) is 12.6. The van der Waals surface area contributed by atoms with Gasteiger partial charge in [0.1, 0.15) is 0 Å². The van der Waals surface area contributed by atoms with Gasteiger partial charge in [-0.3, -0.25) is 14.4 Å². The van der Waals surface area contributed by atoms with E-state index in [-0.39, 0.29) is 24.3 Å². The van der Waals surface area contributed by atoms with Crippen LogP contribution in [-0.2, 0) is 14.4 Å². The minimum absolute atomic E-state index is 0.0515. The van der Waals surface area contributed by atoms with Gasteiger partial charge in [-0.25, -0.2) is 0 Å². The number of likely N-dealkylation sites (tertiary alicyclic amines) is 2. The van der Waals surface area contributed by atoms with E-state index in [4.69, 9.17) is 5.11 Å². The summed E-state index contributed by atoms with van der Waals surface area (Å²) in [4.78, 5) is 38.4. The van der Waals surface area contributed by atoms with E-state index < -0.39 is 5.97 Å². The van der Waals surface area contributed by atoms with Crippen molar-refractivity contribution in [2.45, 2.75) is 39.0 Å². The quantitative estimate of drug-likeness (QED) is 0.819. The van der Waals surface area contributed by atoms with Crippen LogP contribution >= 0.6 is 0 Å². The van der Waals surface area contributed by atoms with Crippen molar-refractivity contribution < 1.29 is 19.5 Å². The Hall–Kier alpha value is -1.59. The predicted octanol–water partition coefficient (Wildman–Crippen LogP) is 0.958. The fourth-order valence-corrected chi connectivity index (χ4v) is 3.25. The summed E-state index contributed by atoms with van der Waals surface area (Å²) in [7, 11) is 0. The number of hydrogen-bond donors (Lipinski definition) is 1. The molecule has 0 bridgehead atoms. The van der Waals surface area contributed by atoms with Crippen LogP contribution in [0.2, 0.25) is 0 Å². The lowest BCUT2D eigenvalue weighted by molar-refractivity contribution is -0.146. The third kappa shape index (κ3) is 3.95.